The number of benzene rings is 2. The van der Waals surface area contributed by atoms with E-state index in [0.29, 0.717) is 46.3 Å². The van der Waals surface area contributed by atoms with Crippen LogP contribution in [-0.4, -0.2) is 34.1 Å². The lowest BCUT2D eigenvalue weighted by molar-refractivity contribution is 0.0951. The molecule has 0 aliphatic rings. The van der Waals surface area contributed by atoms with E-state index >= 15 is 0 Å². The molecule has 29 heavy (non-hydrogen) atoms. The van der Waals surface area contributed by atoms with Gasteiger partial charge in [-0.1, -0.05) is 32.0 Å². The van der Waals surface area contributed by atoms with Gasteiger partial charge < -0.3 is 15.8 Å². The summed E-state index contributed by atoms with van der Waals surface area (Å²) in [5.41, 5.74) is 10.0. The lowest BCUT2D eigenvalue weighted by Gasteiger charge is -2.10. The van der Waals surface area contributed by atoms with Gasteiger partial charge in [0.15, 0.2) is 5.65 Å². The number of aromatic nitrogens is 3. The van der Waals surface area contributed by atoms with Crippen molar-refractivity contribution in [1.29, 1.82) is 0 Å². The average Bonchev–Trinajstić information content (AvgIpc) is 3.01. The maximum atomic E-state index is 13.0. The summed E-state index contributed by atoms with van der Waals surface area (Å²) >= 11 is 0. The zero-order valence-electron chi connectivity index (χ0n) is 16.6. The summed E-state index contributed by atoms with van der Waals surface area (Å²) in [7, 11) is 1.61. The first-order valence-corrected chi connectivity index (χ1v) is 9.49. The number of nitrogens with one attached hydrogen (secondary N) is 1. The Morgan fingerprint density at radius 1 is 1.14 bits per heavy atom. The Morgan fingerprint density at radius 3 is 2.55 bits per heavy atom. The fourth-order valence-electron chi connectivity index (χ4n) is 3.28. The molecule has 4 aromatic rings. The van der Waals surface area contributed by atoms with E-state index < -0.39 is 0 Å². The fraction of sp³-hybridized carbons (Fsp3) is 0.227. The number of fused-ring (bicyclic) bond motifs is 2. The highest BCUT2D eigenvalue weighted by molar-refractivity contribution is 6.11. The number of nitrogens with zero attached hydrogens (tertiary/aromatic N) is 3. The molecule has 4 rings (SSSR count). The number of hydrogen-bond donors (Lipinski definition) is 2. The summed E-state index contributed by atoms with van der Waals surface area (Å²) in [5, 5.41) is 2.94. The van der Waals surface area contributed by atoms with E-state index in [-0.39, 0.29) is 5.91 Å². The first-order valence-electron chi connectivity index (χ1n) is 9.49. The van der Waals surface area contributed by atoms with Crippen molar-refractivity contribution in [3.63, 3.8) is 0 Å². The molecule has 0 bridgehead atoms. The molecule has 0 radical (unpaired) electrons. The van der Waals surface area contributed by atoms with E-state index in [1.807, 2.05) is 62.4 Å². The minimum atomic E-state index is -0.257. The van der Waals surface area contributed by atoms with Gasteiger partial charge in [-0.15, -0.1) is 0 Å². The molecule has 0 atom stereocenters. The van der Waals surface area contributed by atoms with Crippen molar-refractivity contribution in [3.05, 3.63) is 54.1 Å². The molecule has 1 amide bonds. The van der Waals surface area contributed by atoms with Crippen molar-refractivity contribution >= 4 is 33.9 Å². The molecular formula is C22H23N5O2. The summed E-state index contributed by atoms with van der Waals surface area (Å²) < 4.78 is 7.10. The molecule has 7 heteroatoms. The highest BCUT2D eigenvalue weighted by Crippen LogP contribution is 2.32. The van der Waals surface area contributed by atoms with Gasteiger partial charge in [0.1, 0.15) is 22.6 Å². The maximum absolute atomic E-state index is 13.0. The van der Waals surface area contributed by atoms with Gasteiger partial charge in [-0.05, 0) is 30.2 Å². The lowest BCUT2D eigenvalue weighted by Crippen LogP contribution is -2.28. The van der Waals surface area contributed by atoms with Crippen molar-refractivity contribution in [1.82, 2.24) is 19.9 Å². The molecule has 7 nitrogen and oxygen atoms in total. The highest BCUT2D eigenvalue weighted by atomic mass is 16.5. The van der Waals surface area contributed by atoms with Crippen molar-refractivity contribution in [2.45, 2.75) is 13.8 Å². The standard InChI is InChI=1S/C22H23N5O2/c1-13(2)12-24-22(28)18-19-21(26-17-10-5-4-9-16(17)25-19)27(20(18)23)14-7-6-8-15(11-14)29-3/h4-11,13H,12,23H2,1-3H3,(H,24,28). The van der Waals surface area contributed by atoms with Gasteiger partial charge in [0.2, 0.25) is 0 Å². The summed E-state index contributed by atoms with van der Waals surface area (Å²) in [6.45, 7) is 4.62. The SMILES string of the molecule is COc1cccc(-n2c(N)c(C(=O)NCC(C)C)c3nc4ccccc4nc32)c1. The van der Waals surface area contributed by atoms with E-state index in [1.54, 1.807) is 11.7 Å². The first-order chi connectivity index (χ1) is 14.0. The van der Waals surface area contributed by atoms with E-state index in [4.69, 9.17) is 20.4 Å². The molecule has 0 saturated heterocycles. The first kappa shape index (κ1) is 18.7. The predicted molar refractivity (Wildman–Crippen MR) is 115 cm³/mol. The van der Waals surface area contributed by atoms with Crippen LogP contribution in [0.3, 0.4) is 0 Å². The second-order valence-corrected chi connectivity index (χ2v) is 7.29. The topological polar surface area (TPSA) is 95.1 Å². The molecule has 3 N–H and O–H groups in total. The van der Waals surface area contributed by atoms with Crippen molar-refractivity contribution in [3.8, 4) is 11.4 Å². The normalized spacial score (nSPS) is 11.3. The number of anilines is 1. The number of methoxy groups -OCH3 is 1. The van der Waals surface area contributed by atoms with Crippen LogP contribution in [0.25, 0.3) is 27.9 Å². The van der Waals surface area contributed by atoms with Crippen LogP contribution in [0.4, 0.5) is 5.82 Å². The molecule has 2 aromatic heterocycles. The van der Waals surface area contributed by atoms with Crippen LogP contribution >= 0.6 is 0 Å². The molecule has 148 valence electrons. The minimum Gasteiger partial charge on any atom is -0.497 e. The summed E-state index contributed by atoms with van der Waals surface area (Å²) in [4.78, 5) is 22.5. The van der Waals surface area contributed by atoms with Crippen LogP contribution in [-0.2, 0) is 0 Å². The third kappa shape index (κ3) is 3.35. The van der Waals surface area contributed by atoms with Crippen LogP contribution in [0.2, 0.25) is 0 Å². The third-order valence-electron chi connectivity index (χ3n) is 4.71. The lowest BCUT2D eigenvalue weighted by atomic mass is 10.2. The van der Waals surface area contributed by atoms with Gasteiger partial charge in [-0.3, -0.25) is 9.36 Å². The fourth-order valence-corrected chi connectivity index (χ4v) is 3.28. The summed E-state index contributed by atoms with van der Waals surface area (Å²) in [6, 6.07) is 15.0. The number of ether oxygens (including phenoxy) is 1. The van der Waals surface area contributed by atoms with Crippen molar-refractivity contribution in [2.24, 2.45) is 5.92 Å². The number of carbonyl (C=O) groups excluding carboxylic acids is 1. The van der Waals surface area contributed by atoms with Gasteiger partial charge in [0.05, 0.1) is 23.8 Å². The Kier molecular flexibility index (Phi) is 4.80. The molecule has 2 heterocycles. The molecule has 0 spiro atoms. The van der Waals surface area contributed by atoms with E-state index in [2.05, 4.69) is 5.32 Å². The Balaban J connectivity index is 2.00. The maximum Gasteiger partial charge on any atom is 0.257 e. The van der Waals surface area contributed by atoms with Crippen molar-refractivity contribution in [2.75, 3.05) is 19.4 Å². The van der Waals surface area contributed by atoms with Gasteiger partial charge in [0.25, 0.3) is 5.91 Å². The Morgan fingerprint density at radius 2 is 1.86 bits per heavy atom. The molecule has 2 aromatic carbocycles. The number of amides is 1. The van der Waals surface area contributed by atoms with E-state index in [1.165, 1.54) is 0 Å². The predicted octanol–water partition coefficient (Wildman–Crippen LogP) is 3.55. The quantitative estimate of drug-likeness (QED) is 0.544. The molecule has 0 fully saturated rings. The number of rotatable bonds is 5. The Hall–Kier alpha value is -3.61. The molecule has 0 unspecified atom stereocenters. The minimum absolute atomic E-state index is 0.257. The van der Waals surface area contributed by atoms with Gasteiger partial charge in [-0.25, -0.2) is 9.97 Å². The van der Waals surface area contributed by atoms with E-state index in [0.717, 1.165) is 11.2 Å². The number of para-hydroxylation sites is 2. The number of carbonyl (C=O) groups is 1. The van der Waals surface area contributed by atoms with Crippen LogP contribution in [0, 0.1) is 5.92 Å². The van der Waals surface area contributed by atoms with Gasteiger partial charge >= 0.3 is 0 Å². The summed E-state index contributed by atoms with van der Waals surface area (Å²) in [5.74, 6) is 1.04. The zero-order valence-corrected chi connectivity index (χ0v) is 16.6. The van der Waals surface area contributed by atoms with Crippen LogP contribution in [0.15, 0.2) is 48.5 Å². The number of hydrogen-bond acceptors (Lipinski definition) is 5. The Labute approximate surface area is 168 Å². The molecule has 0 saturated carbocycles. The zero-order chi connectivity index (χ0) is 20.5. The second kappa shape index (κ2) is 7.43. The van der Waals surface area contributed by atoms with Gasteiger partial charge in [0, 0.05) is 12.6 Å². The van der Waals surface area contributed by atoms with Crippen LogP contribution < -0.4 is 15.8 Å². The Bertz CT molecular complexity index is 1210. The molecule has 0 aliphatic heterocycles. The third-order valence-corrected chi connectivity index (χ3v) is 4.71. The highest BCUT2D eigenvalue weighted by Gasteiger charge is 2.25. The largest absolute Gasteiger partial charge is 0.497 e. The van der Waals surface area contributed by atoms with E-state index in [9.17, 15) is 4.79 Å². The smallest absolute Gasteiger partial charge is 0.257 e. The van der Waals surface area contributed by atoms with Crippen LogP contribution in [0.5, 0.6) is 5.75 Å². The van der Waals surface area contributed by atoms with Gasteiger partial charge in [-0.2, -0.15) is 0 Å². The second-order valence-electron chi connectivity index (χ2n) is 7.29. The molecule has 0 aliphatic carbocycles. The average molecular weight is 389 g/mol. The number of nitrogen functional groups attached to an aromatic ring is 1. The summed E-state index contributed by atoms with van der Waals surface area (Å²) in [6.07, 6.45) is 0. The van der Waals surface area contributed by atoms with Crippen molar-refractivity contribution < 1.29 is 9.53 Å². The van der Waals surface area contributed by atoms with Crippen LogP contribution in [0.1, 0.15) is 24.2 Å². The monoisotopic (exact) mass is 389 g/mol. The number of nitrogens with two attached hydrogens (primary N) is 1. The molecular weight excluding hydrogens is 366 g/mol.